The number of nitrogens with one attached hydrogen (secondary N) is 1. The quantitative estimate of drug-likeness (QED) is 0.655. The molecule has 1 aliphatic rings. The second-order valence-corrected chi connectivity index (χ2v) is 5.97. The van der Waals surface area contributed by atoms with Gasteiger partial charge in [-0.1, -0.05) is 12.1 Å². The number of aliphatic imine (C=N–C) groups is 1. The minimum absolute atomic E-state index is 0.382. The van der Waals surface area contributed by atoms with Crippen molar-refractivity contribution in [3.8, 4) is 6.07 Å². The lowest BCUT2D eigenvalue weighted by Crippen LogP contribution is -2.26. The maximum Gasteiger partial charge on any atom is 0.193 e. The van der Waals surface area contributed by atoms with Crippen LogP contribution in [0.3, 0.4) is 0 Å². The van der Waals surface area contributed by atoms with Crippen molar-refractivity contribution in [1.82, 2.24) is 0 Å². The second kappa shape index (κ2) is 5.96. The Hall–Kier alpha value is -2.02. The number of fused-ring (bicyclic) bond motifs is 1. The van der Waals surface area contributed by atoms with Crippen molar-refractivity contribution in [2.75, 3.05) is 11.9 Å². The molecule has 106 valence electrons. The molecule has 0 bridgehead atoms. The average Bonchev–Trinajstić information content (AvgIpc) is 2.46. The van der Waals surface area contributed by atoms with Crippen LogP contribution in [-0.2, 0) is 12.8 Å². The number of hydrogen-bond donors (Lipinski definition) is 2. The molecular weight excluding hydrogens is 248 g/mol. The molecule has 2 rings (SSSR count). The summed E-state index contributed by atoms with van der Waals surface area (Å²) in [5.41, 5.74) is 9.27. The van der Waals surface area contributed by atoms with Crippen LogP contribution in [-0.4, -0.2) is 12.5 Å². The highest BCUT2D eigenvalue weighted by molar-refractivity contribution is 5.93. The number of nitriles is 1. The van der Waals surface area contributed by atoms with Crippen molar-refractivity contribution < 1.29 is 0 Å². The number of guanidine groups is 1. The van der Waals surface area contributed by atoms with Crippen LogP contribution in [0.5, 0.6) is 0 Å². The van der Waals surface area contributed by atoms with Gasteiger partial charge in [-0.05, 0) is 56.7 Å². The van der Waals surface area contributed by atoms with Crippen LogP contribution in [0, 0.1) is 16.7 Å². The van der Waals surface area contributed by atoms with E-state index in [1.807, 2.05) is 19.9 Å². The van der Waals surface area contributed by atoms with Crippen LogP contribution in [0.2, 0.25) is 0 Å². The second-order valence-electron chi connectivity index (χ2n) is 5.97. The largest absolute Gasteiger partial charge is 0.370 e. The first kappa shape index (κ1) is 14.4. The lowest BCUT2D eigenvalue weighted by molar-refractivity contribution is 0.512. The van der Waals surface area contributed by atoms with Gasteiger partial charge in [-0.15, -0.1) is 0 Å². The number of aryl methyl sites for hydroxylation is 1. The molecule has 0 atom stereocenters. The molecule has 4 nitrogen and oxygen atoms in total. The van der Waals surface area contributed by atoms with Crippen molar-refractivity contribution in [1.29, 1.82) is 5.26 Å². The Morgan fingerprint density at radius 1 is 1.40 bits per heavy atom. The third kappa shape index (κ3) is 3.51. The molecule has 20 heavy (non-hydrogen) atoms. The molecule has 3 N–H and O–H groups in total. The Morgan fingerprint density at radius 2 is 2.15 bits per heavy atom. The van der Waals surface area contributed by atoms with Gasteiger partial charge in [-0.3, -0.25) is 4.99 Å². The fourth-order valence-electron chi connectivity index (χ4n) is 2.39. The van der Waals surface area contributed by atoms with Gasteiger partial charge in [-0.25, -0.2) is 0 Å². The van der Waals surface area contributed by atoms with Crippen LogP contribution in [0.4, 0.5) is 5.69 Å². The van der Waals surface area contributed by atoms with Crippen molar-refractivity contribution in [3.05, 3.63) is 29.3 Å². The Bertz CT molecular complexity index is 552. The van der Waals surface area contributed by atoms with Crippen LogP contribution in [0.1, 0.15) is 37.8 Å². The summed E-state index contributed by atoms with van der Waals surface area (Å²) >= 11 is 0. The Kier molecular flexibility index (Phi) is 4.29. The van der Waals surface area contributed by atoms with Gasteiger partial charge in [-0.2, -0.15) is 5.26 Å². The predicted molar refractivity (Wildman–Crippen MR) is 82.6 cm³/mol. The molecule has 1 aliphatic carbocycles. The maximum absolute atomic E-state index is 8.97. The Balaban J connectivity index is 2.11. The lowest BCUT2D eigenvalue weighted by Gasteiger charge is -2.20. The molecule has 0 spiro atoms. The van der Waals surface area contributed by atoms with E-state index in [9.17, 15) is 0 Å². The zero-order chi connectivity index (χ0) is 14.6. The van der Waals surface area contributed by atoms with E-state index in [-0.39, 0.29) is 0 Å². The molecule has 1 aromatic rings. The zero-order valence-corrected chi connectivity index (χ0v) is 12.2. The Labute approximate surface area is 120 Å². The van der Waals surface area contributed by atoms with E-state index in [4.69, 9.17) is 11.0 Å². The summed E-state index contributed by atoms with van der Waals surface area (Å²) in [5.74, 6) is 0.382. The van der Waals surface area contributed by atoms with Crippen molar-refractivity contribution >= 4 is 11.6 Å². The topological polar surface area (TPSA) is 74.2 Å². The minimum Gasteiger partial charge on any atom is -0.370 e. The molecule has 0 saturated heterocycles. The maximum atomic E-state index is 8.97. The fraction of sp³-hybridized carbons (Fsp3) is 0.500. The van der Waals surface area contributed by atoms with Crippen molar-refractivity contribution in [2.24, 2.45) is 16.1 Å². The normalized spacial score (nSPS) is 15.3. The van der Waals surface area contributed by atoms with Gasteiger partial charge in [0.15, 0.2) is 5.96 Å². The molecule has 0 aliphatic heterocycles. The fourth-order valence-corrected chi connectivity index (χ4v) is 2.39. The van der Waals surface area contributed by atoms with Gasteiger partial charge in [0.25, 0.3) is 0 Å². The first-order valence-corrected chi connectivity index (χ1v) is 7.11. The van der Waals surface area contributed by atoms with Gasteiger partial charge >= 0.3 is 0 Å². The highest BCUT2D eigenvalue weighted by atomic mass is 15.1. The first-order valence-electron chi connectivity index (χ1n) is 7.11. The van der Waals surface area contributed by atoms with Crippen LogP contribution >= 0.6 is 0 Å². The standard InChI is InChI=1S/C16H22N4/c1-16(2,10-17)11-19-15(18)20-14-9-5-7-12-6-3-4-8-13(12)14/h5,7,9H,3-4,6,8,11H2,1-2H3,(H3,18,19,20). The van der Waals surface area contributed by atoms with Gasteiger partial charge in [0.05, 0.1) is 18.0 Å². The van der Waals surface area contributed by atoms with Crippen molar-refractivity contribution in [3.63, 3.8) is 0 Å². The number of nitrogens with two attached hydrogens (primary N) is 1. The van der Waals surface area contributed by atoms with Crippen molar-refractivity contribution in [2.45, 2.75) is 39.5 Å². The van der Waals surface area contributed by atoms with Crippen LogP contribution in [0.25, 0.3) is 0 Å². The van der Waals surface area contributed by atoms with Gasteiger partial charge in [0.2, 0.25) is 0 Å². The van der Waals surface area contributed by atoms with E-state index in [1.54, 1.807) is 0 Å². The zero-order valence-electron chi connectivity index (χ0n) is 12.2. The molecule has 4 heteroatoms. The monoisotopic (exact) mass is 270 g/mol. The molecular formula is C16H22N4. The SMILES string of the molecule is CC(C)(C#N)CN=C(N)Nc1cccc2c1CCCC2. The average molecular weight is 270 g/mol. The molecule has 1 aromatic carbocycles. The van der Waals surface area contributed by atoms with E-state index >= 15 is 0 Å². The molecule has 0 unspecified atom stereocenters. The molecule has 0 aromatic heterocycles. The van der Waals surface area contributed by atoms with Gasteiger partial charge in [0.1, 0.15) is 0 Å². The van der Waals surface area contributed by atoms with Gasteiger partial charge in [0, 0.05) is 5.69 Å². The first-order chi connectivity index (χ1) is 9.52. The third-order valence-corrected chi connectivity index (χ3v) is 3.61. The summed E-state index contributed by atoms with van der Waals surface area (Å²) < 4.78 is 0. The number of nitrogens with zero attached hydrogens (tertiary/aromatic N) is 2. The summed E-state index contributed by atoms with van der Waals surface area (Å²) in [6.45, 7) is 4.11. The molecule has 0 heterocycles. The summed E-state index contributed by atoms with van der Waals surface area (Å²) in [6.07, 6.45) is 4.72. The Morgan fingerprint density at radius 3 is 2.90 bits per heavy atom. The molecule has 0 saturated carbocycles. The number of rotatable bonds is 3. The summed E-state index contributed by atoms with van der Waals surface area (Å²) in [5, 5.41) is 12.2. The third-order valence-electron chi connectivity index (χ3n) is 3.61. The predicted octanol–water partition coefficient (Wildman–Crippen LogP) is 2.84. The molecule has 0 radical (unpaired) electrons. The van der Waals surface area contributed by atoms with Crippen LogP contribution in [0.15, 0.2) is 23.2 Å². The van der Waals surface area contributed by atoms with Crippen LogP contribution < -0.4 is 11.1 Å². The van der Waals surface area contributed by atoms with E-state index in [2.05, 4.69) is 28.5 Å². The molecule has 0 fully saturated rings. The number of anilines is 1. The highest BCUT2D eigenvalue weighted by Gasteiger charge is 2.16. The van der Waals surface area contributed by atoms with E-state index < -0.39 is 5.41 Å². The molecule has 0 amide bonds. The van der Waals surface area contributed by atoms with Gasteiger partial charge < -0.3 is 11.1 Å². The number of hydrogen-bond acceptors (Lipinski definition) is 2. The lowest BCUT2D eigenvalue weighted by atomic mass is 9.90. The smallest absolute Gasteiger partial charge is 0.193 e. The number of benzene rings is 1. The summed E-state index contributed by atoms with van der Waals surface area (Å²) in [7, 11) is 0. The summed E-state index contributed by atoms with van der Waals surface area (Å²) in [6, 6.07) is 8.50. The van der Waals surface area contributed by atoms with E-state index in [0.29, 0.717) is 12.5 Å². The van der Waals surface area contributed by atoms with E-state index in [1.165, 1.54) is 24.0 Å². The highest BCUT2D eigenvalue weighted by Crippen LogP contribution is 2.27. The summed E-state index contributed by atoms with van der Waals surface area (Å²) in [4.78, 5) is 4.27. The van der Waals surface area contributed by atoms with E-state index in [0.717, 1.165) is 18.5 Å². The minimum atomic E-state index is -0.484.